The van der Waals surface area contributed by atoms with Crippen LogP contribution < -0.4 is 16.4 Å². The zero-order valence-corrected chi connectivity index (χ0v) is 23.8. The standard InChI is InChI=1S/C28H40N4O7/c1-9-18-13-11-12-14-19(18)23(24(35)30-17-22(34)38-8)32(28(6,7)10-2)25(36)20(15-16-21(29)33)31-26(37)39-27(3,4)5/h1,11-14,20,23H,10,15-17H2,2-8H3,(H2,29,33)(H,30,35)(H,31,37). The third-order valence-corrected chi connectivity index (χ3v) is 5.98. The molecule has 0 fully saturated rings. The predicted molar refractivity (Wildman–Crippen MR) is 145 cm³/mol. The molecule has 0 heterocycles. The molecule has 11 nitrogen and oxygen atoms in total. The Balaban J connectivity index is 3.74. The van der Waals surface area contributed by atoms with Crippen LogP contribution in [0.15, 0.2) is 24.3 Å². The summed E-state index contributed by atoms with van der Waals surface area (Å²) in [6.07, 6.45) is 4.89. The topological polar surface area (TPSA) is 157 Å². The van der Waals surface area contributed by atoms with Crippen LogP contribution >= 0.6 is 0 Å². The molecule has 0 saturated heterocycles. The Hall–Kier alpha value is -4.07. The smallest absolute Gasteiger partial charge is 0.408 e. The summed E-state index contributed by atoms with van der Waals surface area (Å²) in [5.41, 5.74) is 4.21. The normalized spacial score (nSPS) is 12.8. The number of terminal acetylenes is 1. The number of amides is 4. The van der Waals surface area contributed by atoms with E-state index in [9.17, 15) is 24.0 Å². The predicted octanol–water partition coefficient (Wildman–Crippen LogP) is 2.17. The van der Waals surface area contributed by atoms with Crippen LogP contribution in [0.4, 0.5) is 4.79 Å². The molecule has 2 unspecified atom stereocenters. The molecule has 0 aliphatic heterocycles. The second-order valence-corrected chi connectivity index (χ2v) is 10.5. The third kappa shape index (κ3) is 9.96. The molecule has 4 N–H and O–H groups in total. The average Bonchev–Trinajstić information content (AvgIpc) is 2.86. The molecule has 1 rings (SSSR count). The van der Waals surface area contributed by atoms with Gasteiger partial charge in [-0.3, -0.25) is 19.2 Å². The van der Waals surface area contributed by atoms with Crippen molar-refractivity contribution in [2.24, 2.45) is 5.73 Å². The largest absolute Gasteiger partial charge is 0.468 e. The van der Waals surface area contributed by atoms with Crippen LogP contribution in [0, 0.1) is 12.3 Å². The van der Waals surface area contributed by atoms with Gasteiger partial charge in [0.05, 0.1) is 7.11 Å². The number of primary amides is 1. The van der Waals surface area contributed by atoms with Crippen LogP contribution in [-0.2, 0) is 28.7 Å². The van der Waals surface area contributed by atoms with Crippen LogP contribution in [0.2, 0.25) is 0 Å². The van der Waals surface area contributed by atoms with Crippen LogP contribution in [0.25, 0.3) is 0 Å². The number of nitrogens with two attached hydrogens (primary N) is 1. The minimum Gasteiger partial charge on any atom is -0.468 e. The van der Waals surface area contributed by atoms with Gasteiger partial charge in [0.25, 0.3) is 0 Å². The Kier molecular flexibility index (Phi) is 12.0. The van der Waals surface area contributed by atoms with Crippen LogP contribution in [0.5, 0.6) is 0 Å². The number of rotatable bonds is 12. The summed E-state index contributed by atoms with van der Waals surface area (Å²) in [5.74, 6) is -0.186. The van der Waals surface area contributed by atoms with E-state index in [2.05, 4.69) is 21.3 Å². The lowest BCUT2D eigenvalue weighted by Crippen LogP contribution is -2.59. The summed E-state index contributed by atoms with van der Waals surface area (Å²) < 4.78 is 9.96. The van der Waals surface area contributed by atoms with E-state index in [1.807, 2.05) is 6.92 Å². The van der Waals surface area contributed by atoms with E-state index >= 15 is 0 Å². The molecule has 0 bridgehead atoms. The maximum atomic E-state index is 14.3. The maximum Gasteiger partial charge on any atom is 0.408 e. The summed E-state index contributed by atoms with van der Waals surface area (Å²) in [6, 6.07) is 4.03. The third-order valence-electron chi connectivity index (χ3n) is 5.98. The lowest BCUT2D eigenvalue weighted by Gasteiger charge is -2.44. The molecule has 2 atom stereocenters. The van der Waals surface area contributed by atoms with E-state index in [0.29, 0.717) is 17.5 Å². The summed E-state index contributed by atoms with van der Waals surface area (Å²) in [5, 5.41) is 5.05. The number of benzene rings is 1. The molecule has 0 radical (unpaired) electrons. The number of alkyl carbamates (subject to hydrolysis) is 1. The summed E-state index contributed by atoms with van der Waals surface area (Å²) >= 11 is 0. The minimum atomic E-state index is -1.30. The van der Waals surface area contributed by atoms with Crippen molar-refractivity contribution < 1.29 is 33.4 Å². The van der Waals surface area contributed by atoms with Crippen molar-refractivity contribution in [1.82, 2.24) is 15.5 Å². The molecule has 1 aromatic carbocycles. The van der Waals surface area contributed by atoms with Crippen molar-refractivity contribution in [3.8, 4) is 12.3 Å². The van der Waals surface area contributed by atoms with Gasteiger partial charge in [-0.2, -0.15) is 0 Å². The van der Waals surface area contributed by atoms with Gasteiger partial charge in [-0.15, -0.1) is 6.42 Å². The van der Waals surface area contributed by atoms with Crippen molar-refractivity contribution in [3.05, 3.63) is 35.4 Å². The number of hydrogen-bond donors (Lipinski definition) is 3. The number of nitrogens with zero attached hydrogens (tertiary/aromatic N) is 1. The lowest BCUT2D eigenvalue weighted by molar-refractivity contribution is -0.150. The van der Waals surface area contributed by atoms with E-state index in [4.69, 9.17) is 16.9 Å². The minimum absolute atomic E-state index is 0.142. The number of hydrogen-bond acceptors (Lipinski definition) is 7. The van der Waals surface area contributed by atoms with Gasteiger partial charge in [0, 0.05) is 17.5 Å². The fourth-order valence-corrected chi connectivity index (χ4v) is 3.70. The van der Waals surface area contributed by atoms with Gasteiger partial charge >= 0.3 is 12.1 Å². The van der Waals surface area contributed by atoms with Crippen molar-refractivity contribution in [1.29, 1.82) is 0 Å². The zero-order valence-electron chi connectivity index (χ0n) is 23.8. The Morgan fingerprint density at radius 1 is 1.10 bits per heavy atom. The maximum absolute atomic E-state index is 14.3. The van der Waals surface area contributed by atoms with Crippen molar-refractivity contribution in [2.75, 3.05) is 13.7 Å². The molecule has 0 aliphatic carbocycles. The fraction of sp³-hybridized carbons (Fsp3) is 0.536. The molecular formula is C28H40N4O7. The molecular weight excluding hydrogens is 504 g/mol. The monoisotopic (exact) mass is 544 g/mol. The molecule has 0 aromatic heterocycles. The molecule has 11 heteroatoms. The van der Waals surface area contributed by atoms with Crippen molar-refractivity contribution >= 4 is 29.8 Å². The Bertz CT molecular complexity index is 1100. The second-order valence-electron chi connectivity index (χ2n) is 10.5. The van der Waals surface area contributed by atoms with Gasteiger partial charge in [0.2, 0.25) is 17.7 Å². The number of methoxy groups -OCH3 is 1. The second kappa shape index (κ2) is 14.2. The molecule has 4 amide bonds. The van der Waals surface area contributed by atoms with E-state index in [1.165, 1.54) is 12.0 Å². The molecule has 214 valence electrons. The number of carbonyl (C=O) groups excluding carboxylic acids is 5. The van der Waals surface area contributed by atoms with E-state index in [-0.39, 0.29) is 12.8 Å². The van der Waals surface area contributed by atoms with E-state index in [0.717, 1.165) is 0 Å². The number of nitrogens with one attached hydrogen (secondary N) is 2. The highest BCUT2D eigenvalue weighted by Crippen LogP contribution is 2.34. The first kappa shape index (κ1) is 33.0. The first-order valence-corrected chi connectivity index (χ1v) is 12.6. The van der Waals surface area contributed by atoms with Gasteiger partial charge in [0.1, 0.15) is 24.2 Å². The summed E-state index contributed by atoms with van der Waals surface area (Å²) in [6.45, 7) is 9.88. The van der Waals surface area contributed by atoms with Gasteiger partial charge in [-0.05, 0) is 59.1 Å². The fourth-order valence-electron chi connectivity index (χ4n) is 3.70. The highest BCUT2D eigenvalue weighted by Gasteiger charge is 2.43. The zero-order chi connectivity index (χ0) is 30.0. The Morgan fingerprint density at radius 2 is 1.72 bits per heavy atom. The summed E-state index contributed by atoms with van der Waals surface area (Å²) in [4.78, 5) is 65.3. The highest BCUT2D eigenvalue weighted by molar-refractivity contribution is 5.94. The molecule has 1 aromatic rings. The molecule has 0 spiro atoms. The van der Waals surface area contributed by atoms with Crippen LogP contribution in [-0.4, -0.2) is 65.5 Å². The van der Waals surface area contributed by atoms with Gasteiger partial charge in [-0.1, -0.05) is 31.0 Å². The van der Waals surface area contributed by atoms with Crippen molar-refractivity contribution in [3.63, 3.8) is 0 Å². The lowest BCUT2D eigenvalue weighted by atomic mass is 9.90. The van der Waals surface area contributed by atoms with Gasteiger partial charge < -0.3 is 30.7 Å². The molecule has 0 aliphatic rings. The number of carbonyl (C=O) groups is 5. The van der Waals surface area contributed by atoms with Crippen molar-refractivity contribution in [2.45, 2.75) is 84.0 Å². The van der Waals surface area contributed by atoms with Crippen LogP contribution in [0.1, 0.15) is 78.0 Å². The van der Waals surface area contributed by atoms with Gasteiger partial charge in [0.15, 0.2) is 0 Å². The van der Waals surface area contributed by atoms with E-state index < -0.39 is 59.6 Å². The number of ether oxygens (including phenoxy) is 2. The van der Waals surface area contributed by atoms with Gasteiger partial charge in [-0.25, -0.2) is 4.79 Å². The summed E-state index contributed by atoms with van der Waals surface area (Å²) in [7, 11) is 1.18. The molecule has 0 saturated carbocycles. The Morgan fingerprint density at radius 3 is 2.23 bits per heavy atom. The van der Waals surface area contributed by atoms with E-state index in [1.54, 1.807) is 58.9 Å². The highest BCUT2D eigenvalue weighted by atomic mass is 16.6. The Labute approximate surface area is 230 Å². The van der Waals surface area contributed by atoms with Crippen LogP contribution in [0.3, 0.4) is 0 Å². The first-order valence-electron chi connectivity index (χ1n) is 12.6. The number of esters is 1. The molecule has 39 heavy (non-hydrogen) atoms. The first-order chi connectivity index (χ1) is 18.1. The SMILES string of the molecule is C#Cc1ccccc1C(C(=O)NCC(=O)OC)N(C(=O)C(CCC(N)=O)NC(=O)OC(C)(C)C)C(C)(C)CC. The average molecular weight is 545 g/mol. The quantitative estimate of drug-likeness (QED) is 0.269.